The van der Waals surface area contributed by atoms with E-state index in [0.29, 0.717) is 35.9 Å². The summed E-state index contributed by atoms with van der Waals surface area (Å²) in [4.78, 5) is 24.9. The number of aromatic nitrogens is 2. The molecular formula is C21H35N5O3Si. The van der Waals surface area contributed by atoms with E-state index in [1.54, 1.807) is 47.8 Å². The van der Waals surface area contributed by atoms with Gasteiger partial charge in [0.2, 0.25) is 0 Å². The predicted octanol–water partition coefficient (Wildman–Crippen LogP) is 3.34. The lowest BCUT2D eigenvalue weighted by atomic mass is 10.2. The van der Waals surface area contributed by atoms with E-state index < -0.39 is 8.32 Å². The van der Waals surface area contributed by atoms with Crippen LogP contribution in [0, 0.1) is 0 Å². The Morgan fingerprint density at radius 1 is 1.07 bits per heavy atom. The van der Waals surface area contributed by atoms with Crippen LogP contribution >= 0.6 is 0 Å². The number of rotatable bonds is 8. The zero-order valence-electron chi connectivity index (χ0n) is 19.1. The third kappa shape index (κ3) is 5.76. The van der Waals surface area contributed by atoms with Crippen LogP contribution in [-0.4, -0.2) is 42.4 Å². The Kier molecular flexibility index (Phi) is 7.20. The molecule has 0 bridgehead atoms. The molecule has 2 heterocycles. The Balaban J connectivity index is 1.87. The molecule has 2 rings (SSSR count). The van der Waals surface area contributed by atoms with E-state index in [1.165, 1.54) is 0 Å². The molecule has 30 heavy (non-hydrogen) atoms. The van der Waals surface area contributed by atoms with E-state index >= 15 is 0 Å². The normalized spacial score (nSPS) is 12.1. The number of aryl methyl sites for hydroxylation is 2. The molecule has 0 spiro atoms. The van der Waals surface area contributed by atoms with Crippen molar-refractivity contribution in [3.63, 3.8) is 0 Å². The summed E-state index contributed by atoms with van der Waals surface area (Å²) in [6.45, 7) is 12.2. The molecular weight excluding hydrogens is 398 g/mol. The average Bonchev–Trinajstić information content (AvgIpc) is 3.14. The van der Waals surface area contributed by atoms with Crippen molar-refractivity contribution in [1.29, 1.82) is 0 Å². The highest BCUT2D eigenvalue weighted by atomic mass is 28.4. The molecule has 0 radical (unpaired) electrons. The van der Waals surface area contributed by atoms with Gasteiger partial charge < -0.3 is 29.9 Å². The van der Waals surface area contributed by atoms with Crippen molar-refractivity contribution in [3.8, 4) is 0 Å². The first-order valence-corrected chi connectivity index (χ1v) is 13.0. The van der Waals surface area contributed by atoms with Crippen LogP contribution < -0.4 is 16.4 Å². The van der Waals surface area contributed by atoms with Gasteiger partial charge in [0.1, 0.15) is 11.4 Å². The van der Waals surface area contributed by atoms with Gasteiger partial charge in [0.05, 0.1) is 11.4 Å². The highest BCUT2D eigenvalue weighted by molar-refractivity contribution is 6.74. The fourth-order valence-electron chi connectivity index (χ4n) is 2.78. The third-order valence-corrected chi connectivity index (χ3v) is 10.2. The Hall–Kier alpha value is -2.52. The predicted molar refractivity (Wildman–Crippen MR) is 123 cm³/mol. The van der Waals surface area contributed by atoms with Crippen molar-refractivity contribution < 1.29 is 14.0 Å². The maximum Gasteiger partial charge on any atom is 0.272 e. The summed E-state index contributed by atoms with van der Waals surface area (Å²) in [5.74, 6) is -0.469. The second-order valence-electron chi connectivity index (χ2n) is 9.17. The Labute approximate surface area is 179 Å². The van der Waals surface area contributed by atoms with Gasteiger partial charge in [-0.15, -0.1) is 0 Å². The summed E-state index contributed by atoms with van der Waals surface area (Å²) in [6, 6.07) is 3.27. The molecule has 8 nitrogen and oxygen atoms in total. The zero-order chi connectivity index (χ0) is 22.7. The smallest absolute Gasteiger partial charge is 0.272 e. The number of anilines is 2. The molecule has 4 N–H and O–H groups in total. The number of nitrogens with two attached hydrogens (primary N) is 1. The zero-order valence-corrected chi connectivity index (χ0v) is 20.1. The van der Waals surface area contributed by atoms with Crippen LogP contribution in [-0.2, 0) is 18.5 Å². The quantitative estimate of drug-likeness (QED) is 0.439. The summed E-state index contributed by atoms with van der Waals surface area (Å²) in [7, 11) is 1.76. The molecule has 9 heteroatoms. The van der Waals surface area contributed by atoms with E-state index in [1.807, 2.05) is 0 Å². The molecule has 0 unspecified atom stereocenters. The number of carbonyl (C=O) groups excluding carboxylic acids is 2. The number of hydrogen-bond donors (Lipinski definition) is 3. The third-order valence-electron chi connectivity index (χ3n) is 5.63. The van der Waals surface area contributed by atoms with E-state index in [2.05, 4.69) is 44.5 Å². The first kappa shape index (κ1) is 23.8. The van der Waals surface area contributed by atoms with Crippen LogP contribution in [0.3, 0.4) is 0 Å². The van der Waals surface area contributed by atoms with Crippen molar-refractivity contribution in [2.75, 3.05) is 24.2 Å². The Morgan fingerprint density at radius 2 is 1.67 bits per heavy atom. The van der Waals surface area contributed by atoms with Gasteiger partial charge in [0.15, 0.2) is 8.32 Å². The number of nitrogens with zero attached hydrogens (tertiary/aromatic N) is 2. The van der Waals surface area contributed by atoms with Crippen molar-refractivity contribution in [2.24, 2.45) is 14.1 Å². The number of nitrogen functional groups attached to an aromatic ring is 1. The standard InChI is InChI=1S/C21H35N5O3Si/c1-21(2,3)30(6,7)29-10-8-9-23-19(27)18-12-16(14-26(18)5)24-20(28)17-11-15(22)13-25(17)4/h11-14H,8-10,22H2,1-7H3,(H,23,27)(H,24,28). The van der Waals surface area contributed by atoms with Gasteiger partial charge in [-0.1, -0.05) is 20.8 Å². The second-order valence-corrected chi connectivity index (χ2v) is 14.0. The molecule has 0 aliphatic carbocycles. The number of hydrogen-bond acceptors (Lipinski definition) is 4. The van der Waals surface area contributed by atoms with Crippen LogP contribution in [0.5, 0.6) is 0 Å². The summed E-state index contributed by atoms with van der Waals surface area (Å²) in [5, 5.41) is 5.89. The summed E-state index contributed by atoms with van der Waals surface area (Å²) in [5.41, 5.74) is 7.72. The van der Waals surface area contributed by atoms with Crippen molar-refractivity contribution >= 4 is 31.5 Å². The first-order chi connectivity index (χ1) is 13.8. The van der Waals surface area contributed by atoms with Gasteiger partial charge >= 0.3 is 0 Å². The lowest BCUT2D eigenvalue weighted by molar-refractivity contribution is 0.0942. The minimum Gasteiger partial charge on any atom is -0.417 e. The SMILES string of the molecule is Cn1cc(NC(=O)c2cc(N)cn2C)cc1C(=O)NCCCO[Si](C)(C)C(C)(C)C. The van der Waals surface area contributed by atoms with Crippen LogP contribution in [0.4, 0.5) is 11.4 Å². The van der Waals surface area contributed by atoms with Crippen molar-refractivity contribution in [3.05, 3.63) is 35.9 Å². The number of nitrogens with one attached hydrogen (secondary N) is 2. The molecule has 2 amide bonds. The largest absolute Gasteiger partial charge is 0.417 e. The molecule has 0 saturated heterocycles. The summed E-state index contributed by atoms with van der Waals surface area (Å²) in [6.07, 6.45) is 4.13. The minimum atomic E-state index is -1.76. The van der Waals surface area contributed by atoms with Gasteiger partial charge in [0.25, 0.3) is 11.8 Å². The van der Waals surface area contributed by atoms with Crippen LogP contribution in [0.15, 0.2) is 24.5 Å². The molecule has 0 fully saturated rings. The summed E-state index contributed by atoms with van der Waals surface area (Å²) >= 11 is 0. The summed E-state index contributed by atoms with van der Waals surface area (Å²) < 4.78 is 9.48. The van der Waals surface area contributed by atoms with E-state index in [0.717, 1.165) is 6.42 Å². The van der Waals surface area contributed by atoms with Crippen LogP contribution in [0.25, 0.3) is 0 Å². The maximum absolute atomic E-state index is 12.5. The molecule has 0 aromatic carbocycles. The minimum absolute atomic E-state index is 0.172. The van der Waals surface area contributed by atoms with Crippen LogP contribution in [0.2, 0.25) is 18.1 Å². The van der Waals surface area contributed by atoms with E-state index in [4.69, 9.17) is 10.2 Å². The molecule has 0 aliphatic rings. The van der Waals surface area contributed by atoms with Crippen molar-refractivity contribution in [1.82, 2.24) is 14.5 Å². The van der Waals surface area contributed by atoms with Gasteiger partial charge in [-0.05, 0) is 36.7 Å². The first-order valence-electron chi connectivity index (χ1n) is 10.1. The molecule has 0 aliphatic heterocycles. The van der Waals surface area contributed by atoms with Crippen molar-refractivity contribution in [2.45, 2.75) is 45.3 Å². The second kappa shape index (κ2) is 9.09. The maximum atomic E-state index is 12.5. The van der Waals surface area contributed by atoms with Gasteiger partial charge in [0, 0.05) is 39.6 Å². The Morgan fingerprint density at radius 3 is 2.23 bits per heavy atom. The lowest BCUT2D eigenvalue weighted by Crippen LogP contribution is -2.41. The molecule has 0 saturated carbocycles. The molecule has 2 aromatic heterocycles. The topological polar surface area (TPSA) is 103 Å². The fraction of sp³-hybridized carbons (Fsp3) is 0.524. The molecule has 2 aromatic rings. The number of amides is 2. The van der Waals surface area contributed by atoms with Gasteiger partial charge in [-0.3, -0.25) is 9.59 Å². The van der Waals surface area contributed by atoms with Gasteiger partial charge in [-0.25, -0.2) is 0 Å². The molecule has 166 valence electrons. The van der Waals surface area contributed by atoms with Gasteiger partial charge in [-0.2, -0.15) is 0 Å². The highest BCUT2D eigenvalue weighted by Gasteiger charge is 2.36. The van der Waals surface area contributed by atoms with Crippen LogP contribution in [0.1, 0.15) is 48.2 Å². The number of carbonyl (C=O) groups is 2. The Bertz CT molecular complexity index is 908. The average molecular weight is 434 g/mol. The lowest BCUT2D eigenvalue weighted by Gasteiger charge is -2.36. The monoisotopic (exact) mass is 433 g/mol. The van der Waals surface area contributed by atoms with E-state index in [-0.39, 0.29) is 16.9 Å². The van der Waals surface area contributed by atoms with E-state index in [9.17, 15) is 9.59 Å². The highest BCUT2D eigenvalue weighted by Crippen LogP contribution is 2.36. The fourth-order valence-corrected chi connectivity index (χ4v) is 3.87. The molecule has 0 atom stereocenters.